The van der Waals surface area contributed by atoms with Gasteiger partial charge < -0.3 is 20.9 Å². The van der Waals surface area contributed by atoms with Crippen LogP contribution in [0.5, 0.6) is 0 Å². The Bertz CT molecular complexity index is 1060. The van der Waals surface area contributed by atoms with Crippen LogP contribution < -0.4 is 16.0 Å². The number of carbonyl (C=O) groups is 1. The van der Waals surface area contributed by atoms with Gasteiger partial charge in [-0.1, -0.05) is 36.2 Å². The van der Waals surface area contributed by atoms with Crippen molar-refractivity contribution in [2.75, 3.05) is 37.6 Å². The van der Waals surface area contributed by atoms with E-state index in [2.05, 4.69) is 10.2 Å². The largest absolute Gasteiger partial charge is 0.416 e. The van der Waals surface area contributed by atoms with Gasteiger partial charge in [-0.15, -0.1) is 0 Å². The van der Waals surface area contributed by atoms with Crippen molar-refractivity contribution < 1.29 is 18.0 Å². The van der Waals surface area contributed by atoms with E-state index in [9.17, 15) is 18.0 Å². The third-order valence-electron chi connectivity index (χ3n) is 6.68. The SMILES string of the molecule is CC(CCNC(C)N)Cc1cc(C(F)(F)F)ccc1N1CCN(C(=O)CCc2ccc(Cl)cc2Cl)CC1. The number of benzene rings is 2. The zero-order valence-corrected chi connectivity index (χ0v) is 22.8. The topological polar surface area (TPSA) is 61.6 Å². The van der Waals surface area contributed by atoms with Crippen LogP contribution >= 0.6 is 23.2 Å². The van der Waals surface area contributed by atoms with Gasteiger partial charge in [0.25, 0.3) is 0 Å². The summed E-state index contributed by atoms with van der Waals surface area (Å²) in [7, 11) is 0. The number of hydrogen-bond acceptors (Lipinski definition) is 4. The summed E-state index contributed by atoms with van der Waals surface area (Å²) in [5, 5.41) is 4.25. The number of aryl methyl sites for hydroxylation is 1. The van der Waals surface area contributed by atoms with Gasteiger partial charge in [0, 0.05) is 48.3 Å². The van der Waals surface area contributed by atoms with Gasteiger partial charge in [-0.2, -0.15) is 13.2 Å². The van der Waals surface area contributed by atoms with E-state index in [1.54, 1.807) is 18.2 Å². The number of piperazine rings is 1. The van der Waals surface area contributed by atoms with Crippen LogP contribution in [0.3, 0.4) is 0 Å². The number of amides is 1. The number of hydrogen-bond donors (Lipinski definition) is 2. The van der Waals surface area contributed by atoms with Crippen LogP contribution in [0.2, 0.25) is 10.0 Å². The molecule has 0 spiro atoms. The molecule has 0 aliphatic carbocycles. The fraction of sp³-hybridized carbons (Fsp3) is 0.519. The fourth-order valence-electron chi connectivity index (χ4n) is 4.59. The Morgan fingerprint density at radius 2 is 1.76 bits per heavy atom. The number of nitrogens with one attached hydrogen (secondary N) is 1. The van der Waals surface area contributed by atoms with Crippen LogP contribution in [-0.2, 0) is 23.8 Å². The maximum absolute atomic E-state index is 13.5. The first kappa shape index (κ1) is 29.6. The third kappa shape index (κ3) is 8.77. The third-order valence-corrected chi connectivity index (χ3v) is 7.26. The lowest BCUT2D eigenvalue weighted by Gasteiger charge is -2.37. The summed E-state index contributed by atoms with van der Waals surface area (Å²) in [6.07, 6.45) is -2.34. The normalized spacial score (nSPS) is 16.1. The van der Waals surface area contributed by atoms with E-state index in [4.69, 9.17) is 28.9 Å². The lowest BCUT2D eigenvalue weighted by Crippen LogP contribution is -2.49. The smallest absolute Gasteiger partial charge is 0.368 e. The van der Waals surface area contributed by atoms with E-state index in [1.807, 2.05) is 24.8 Å². The molecule has 204 valence electrons. The van der Waals surface area contributed by atoms with Crippen LogP contribution in [-0.4, -0.2) is 49.7 Å². The summed E-state index contributed by atoms with van der Waals surface area (Å²) in [6.45, 7) is 6.75. The molecule has 37 heavy (non-hydrogen) atoms. The molecule has 0 aromatic heterocycles. The van der Waals surface area contributed by atoms with Crippen molar-refractivity contribution in [3.8, 4) is 0 Å². The highest BCUT2D eigenvalue weighted by Gasteiger charge is 2.32. The number of carbonyl (C=O) groups excluding carboxylic acids is 1. The number of nitrogens with zero attached hydrogens (tertiary/aromatic N) is 2. The molecule has 3 N–H and O–H groups in total. The van der Waals surface area contributed by atoms with Gasteiger partial charge in [-0.3, -0.25) is 4.79 Å². The van der Waals surface area contributed by atoms with E-state index in [1.165, 1.54) is 6.07 Å². The van der Waals surface area contributed by atoms with Gasteiger partial charge in [0.05, 0.1) is 11.7 Å². The van der Waals surface area contributed by atoms with Crippen LogP contribution in [0.25, 0.3) is 0 Å². The van der Waals surface area contributed by atoms with Crippen molar-refractivity contribution in [1.29, 1.82) is 0 Å². The molecule has 2 atom stereocenters. The van der Waals surface area contributed by atoms with Gasteiger partial charge in [-0.05, 0) is 80.1 Å². The Morgan fingerprint density at radius 3 is 2.38 bits per heavy atom. The molecule has 0 bridgehead atoms. The highest BCUT2D eigenvalue weighted by atomic mass is 35.5. The van der Waals surface area contributed by atoms with Crippen molar-refractivity contribution in [2.24, 2.45) is 11.7 Å². The maximum Gasteiger partial charge on any atom is 0.416 e. The molecule has 10 heteroatoms. The molecule has 1 aliphatic heterocycles. The Kier molecular flexibility index (Phi) is 10.5. The zero-order chi connectivity index (χ0) is 27.2. The standard InChI is InChI=1S/C27H35Cl2F3N4O/c1-18(9-10-34-19(2)33)15-21-16-22(27(30,31)32)5-7-25(21)35-11-13-36(14-12-35)26(37)8-4-20-3-6-23(28)17-24(20)29/h3,5-7,16-19,34H,4,8-15,33H2,1-2H3. The van der Waals surface area contributed by atoms with Gasteiger partial charge in [0.2, 0.25) is 5.91 Å². The quantitative estimate of drug-likeness (QED) is 0.364. The first-order valence-corrected chi connectivity index (χ1v) is 13.4. The molecule has 1 amide bonds. The maximum atomic E-state index is 13.5. The van der Waals surface area contributed by atoms with Gasteiger partial charge >= 0.3 is 6.18 Å². The summed E-state index contributed by atoms with van der Waals surface area (Å²) >= 11 is 12.2. The van der Waals surface area contributed by atoms with Crippen LogP contribution in [0.4, 0.5) is 18.9 Å². The van der Waals surface area contributed by atoms with E-state index >= 15 is 0 Å². The second-order valence-electron chi connectivity index (χ2n) is 9.79. The molecular formula is C27H35Cl2F3N4O. The van der Waals surface area contributed by atoms with Crippen molar-refractivity contribution >= 4 is 34.8 Å². The van der Waals surface area contributed by atoms with E-state index < -0.39 is 11.7 Å². The second kappa shape index (κ2) is 13.2. The number of anilines is 1. The highest BCUT2D eigenvalue weighted by molar-refractivity contribution is 6.35. The Morgan fingerprint density at radius 1 is 1.05 bits per heavy atom. The Labute approximate surface area is 227 Å². The predicted octanol–water partition coefficient (Wildman–Crippen LogP) is 5.76. The summed E-state index contributed by atoms with van der Waals surface area (Å²) in [5.74, 6) is 0.213. The van der Waals surface area contributed by atoms with E-state index in [0.717, 1.165) is 23.7 Å². The highest BCUT2D eigenvalue weighted by Crippen LogP contribution is 2.34. The molecule has 5 nitrogen and oxygen atoms in total. The van der Waals surface area contributed by atoms with Gasteiger partial charge in [-0.25, -0.2) is 0 Å². The molecule has 0 saturated carbocycles. The fourth-order valence-corrected chi connectivity index (χ4v) is 5.09. The minimum Gasteiger partial charge on any atom is -0.368 e. The summed E-state index contributed by atoms with van der Waals surface area (Å²) in [4.78, 5) is 16.7. The summed E-state index contributed by atoms with van der Waals surface area (Å²) < 4.78 is 40.4. The molecule has 2 aromatic carbocycles. The molecule has 3 rings (SSSR count). The number of halogens is 5. The molecule has 1 heterocycles. The van der Waals surface area contributed by atoms with Crippen LogP contribution in [0, 0.1) is 5.92 Å². The molecule has 0 radical (unpaired) electrons. The van der Waals surface area contributed by atoms with Crippen molar-refractivity contribution in [3.05, 3.63) is 63.1 Å². The lowest BCUT2D eigenvalue weighted by atomic mass is 9.94. The van der Waals surface area contributed by atoms with Gasteiger partial charge in [0.15, 0.2) is 0 Å². The zero-order valence-electron chi connectivity index (χ0n) is 21.3. The van der Waals surface area contributed by atoms with Gasteiger partial charge in [0.1, 0.15) is 0 Å². The molecule has 1 fully saturated rings. The molecule has 1 aliphatic rings. The molecular weight excluding hydrogens is 524 g/mol. The summed E-state index contributed by atoms with van der Waals surface area (Å²) in [6, 6.07) is 9.25. The van der Waals surface area contributed by atoms with Crippen molar-refractivity contribution in [3.63, 3.8) is 0 Å². The summed E-state index contributed by atoms with van der Waals surface area (Å²) in [5.41, 5.74) is 7.45. The second-order valence-corrected chi connectivity index (χ2v) is 10.6. The molecule has 2 aromatic rings. The monoisotopic (exact) mass is 558 g/mol. The van der Waals surface area contributed by atoms with E-state index in [-0.39, 0.29) is 18.0 Å². The Hall–Kier alpha value is -2.00. The molecule has 2 unspecified atom stereocenters. The number of alkyl halides is 3. The Balaban J connectivity index is 1.63. The van der Waals surface area contributed by atoms with Crippen LogP contribution in [0.15, 0.2) is 36.4 Å². The number of nitrogens with two attached hydrogens (primary N) is 1. The predicted molar refractivity (Wildman–Crippen MR) is 144 cm³/mol. The minimum atomic E-state index is -4.40. The first-order valence-electron chi connectivity index (χ1n) is 12.6. The average Bonchev–Trinajstić information content (AvgIpc) is 2.82. The minimum absolute atomic E-state index is 0.0357. The van der Waals surface area contributed by atoms with Crippen molar-refractivity contribution in [2.45, 2.75) is 51.9 Å². The lowest BCUT2D eigenvalue weighted by molar-refractivity contribution is -0.137. The van der Waals surface area contributed by atoms with Crippen LogP contribution in [0.1, 0.15) is 43.4 Å². The molecule has 1 saturated heterocycles. The van der Waals surface area contributed by atoms with Crippen molar-refractivity contribution in [1.82, 2.24) is 10.2 Å². The van der Waals surface area contributed by atoms with E-state index in [0.29, 0.717) is 67.6 Å². The first-order chi connectivity index (χ1) is 17.4. The number of rotatable bonds is 10. The average molecular weight is 560 g/mol.